The highest BCUT2D eigenvalue weighted by Crippen LogP contribution is 2.28. The average molecular weight is 217 g/mol. The van der Waals surface area contributed by atoms with Crippen LogP contribution in [0.3, 0.4) is 0 Å². The maximum Gasteiger partial charge on any atom is 0.417 e. The first-order chi connectivity index (χ1) is 6.89. The topological polar surface area (TPSA) is 50.2 Å². The van der Waals surface area contributed by atoms with Gasteiger partial charge in [-0.2, -0.15) is 13.2 Å². The van der Waals surface area contributed by atoms with E-state index >= 15 is 0 Å². The molecule has 0 aliphatic carbocycles. The van der Waals surface area contributed by atoms with Crippen LogP contribution in [0.25, 0.3) is 6.08 Å². The minimum Gasteiger partial charge on any atom is -0.478 e. The van der Waals surface area contributed by atoms with Gasteiger partial charge in [0.25, 0.3) is 0 Å². The molecule has 0 fully saturated rings. The molecule has 0 aliphatic heterocycles. The van der Waals surface area contributed by atoms with Crippen LogP contribution in [0.5, 0.6) is 0 Å². The first-order valence-corrected chi connectivity index (χ1v) is 3.84. The normalized spacial score (nSPS) is 11.9. The Balaban J connectivity index is 2.86. The van der Waals surface area contributed by atoms with Crippen molar-refractivity contribution in [1.82, 2.24) is 4.98 Å². The molecule has 1 aromatic rings. The number of nitrogens with zero attached hydrogens (tertiary/aromatic N) is 1. The third-order valence-electron chi connectivity index (χ3n) is 1.51. The fraction of sp³-hybridized carbons (Fsp3) is 0.111. The third kappa shape index (κ3) is 3.41. The molecule has 0 saturated carbocycles. The highest BCUT2D eigenvalue weighted by molar-refractivity contribution is 5.84. The van der Waals surface area contributed by atoms with Crippen LogP contribution in [0.15, 0.2) is 24.4 Å². The second kappa shape index (κ2) is 4.12. The van der Waals surface area contributed by atoms with Gasteiger partial charge in [0.1, 0.15) is 0 Å². The van der Waals surface area contributed by atoms with Gasteiger partial charge in [0.15, 0.2) is 0 Å². The number of alkyl halides is 3. The van der Waals surface area contributed by atoms with E-state index in [2.05, 4.69) is 4.98 Å². The summed E-state index contributed by atoms with van der Waals surface area (Å²) in [6.45, 7) is 0. The van der Waals surface area contributed by atoms with Crippen molar-refractivity contribution in [2.75, 3.05) is 0 Å². The molecular formula is C9H6F3NO2. The lowest BCUT2D eigenvalue weighted by Crippen LogP contribution is -2.05. The van der Waals surface area contributed by atoms with Crippen molar-refractivity contribution in [2.45, 2.75) is 6.18 Å². The summed E-state index contributed by atoms with van der Waals surface area (Å²) in [5, 5.41) is 8.26. The van der Waals surface area contributed by atoms with E-state index in [1.807, 2.05) is 0 Å². The van der Waals surface area contributed by atoms with E-state index in [1.54, 1.807) is 0 Å². The molecule has 15 heavy (non-hydrogen) atoms. The number of rotatable bonds is 2. The highest BCUT2D eigenvalue weighted by atomic mass is 19.4. The van der Waals surface area contributed by atoms with Gasteiger partial charge in [-0.15, -0.1) is 0 Å². The largest absolute Gasteiger partial charge is 0.478 e. The Morgan fingerprint density at radius 1 is 1.40 bits per heavy atom. The summed E-state index contributed by atoms with van der Waals surface area (Å²) in [4.78, 5) is 13.6. The summed E-state index contributed by atoms with van der Waals surface area (Å²) in [6.07, 6.45) is -1.86. The van der Waals surface area contributed by atoms with Crippen LogP contribution < -0.4 is 0 Å². The van der Waals surface area contributed by atoms with E-state index in [9.17, 15) is 18.0 Å². The number of carboxylic acids is 1. The molecule has 0 spiro atoms. The zero-order valence-corrected chi connectivity index (χ0v) is 7.32. The van der Waals surface area contributed by atoms with E-state index in [0.717, 1.165) is 24.3 Å². The first-order valence-electron chi connectivity index (χ1n) is 3.84. The van der Waals surface area contributed by atoms with Crippen LogP contribution in [0.2, 0.25) is 0 Å². The summed E-state index contributed by atoms with van der Waals surface area (Å²) in [7, 11) is 0. The Kier molecular flexibility index (Phi) is 3.08. The van der Waals surface area contributed by atoms with Crippen LogP contribution in [-0.4, -0.2) is 16.1 Å². The monoisotopic (exact) mass is 217 g/mol. The van der Waals surface area contributed by atoms with Crippen molar-refractivity contribution in [3.8, 4) is 0 Å². The summed E-state index contributed by atoms with van der Waals surface area (Å²) in [5.74, 6) is -1.18. The van der Waals surface area contributed by atoms with Gasteiger partial charge in [-0.25, -0.2) is 4.79 Å². The Bertz CT molecular complexity index is 381. The molecule has 6 heteroatoms. The van der Waals surface area contributed by atoms with E-state index in [4.69, 9.17) is 5.11 Å². The number of aromatic nitrogens is 1. The number of carbonyl (C=O) groups is 1. The van der Waals surface area contributed by atoms with Crippen molar-refractivity contribution < 1.29 is 23.1 Å². The van der Waals surface area contributed by atoms with Gasteiger partial charge < -0.3 is 5.11 Å². The third-order valence-corrected chi connectivity index (χ3v) is 1.51. The minimum absolute atomic E-state index is 0.158. The molecule has 1 N–H and O–H groups in total. The lowest BCUT2D eigenvalue weighted by molar-refractivity contribution is -0.138. The summed E-state index contributed by atoms with van der Waals surface area (Å²) >= 11 is 0. The van der Waals surface area contributed by atoms with Gasteiger partial charge in [-0.3, -0.25) is 4.98 Å². The first kappa shape index (κ1) is 11.2. The molecule has 0 aliphatic rings. The molecule has 1 rings (SSSR count). The van der Waals surface area contributed by atoms with Crippen LogP contribution in [0.4, 0.5) is 13.2 Å². The van der Waals surface area contributed by atoms with Gasteiger partial charge in [0, 0.05) is 12.3 Å². The Labute approximate surface area is 82.9 Å². The molecule has 0 radical (unpaired) electrons. The molecule has 0 aromatic carbocycles. The van der Waals surface area contributed by atoms with Gasteiger partial charge in [0.2, 0.25) is 0 Å². The smallest absolute Gasteiger partial charge is 0.417 e. The van der Waals surface area contributed by atoms with Gasteiger partial charge in [-0.05, 0) is 18.2 Å². The predicted octanol–water partition coefficient (Wildman–Crippen LogP) is 2.20. The highest BCUT2D eigenvalue weighted by Gasteiger charge is 2.30. The van der Waals surface area contributed by atoms with E-state index < -0.39 is 17.7 Å². The predicted molar refractivity (Wildman–Crippen MR) is 45.9 cm³/mol. The van der Waals surface area contributed by atoms with Gasteiger partial charge >= 0.3 is 12.1 Å². The number of halogens is 3. The Morgan fingerprint density at radius 2 is 2.07 bits per heavy atom. The Morgan fingerprint density at radius 3 is 2.47 bits per heavy atom. The number of pyridine rings is 1. The molecule has 0 unspecified atom stereocenters. The number of carboxylic acid groups (broad SMARTS) is 1. The fourth-order valence-corrected chi connectivity index (χ4v) is 0.828. The van der Waals surface area contributed by atoms with E-state index in [-0.39, 0.29) is 5.69 Å². The summed E-state index contributed by atoms with van der Waals surface area (Å²) in [5.41, 5.74) is -0.708. The average Bonchev–Trinajstić information content (AvgIpc) is 2.14. The molecule has 0 amide bonds. The van der Waals surface area contributed by atoms with Crippen LogP contribution in [-0.2, 0) is 11.0 Å². The van der Waals surface area contributed by atoms with Crippen LogP contribution >= 0.6 is 0 Å². The second-order valence-electron chi connectivity index (χ2n) is 2.64. The quantitative estimate of drug-likeness (QED) is 0.772. The van der Waals surface area contributed by atoms with Crippen molar-refractivity contribution in [2.24, 2.45) is 0 Å². The molecule has 0 atom stereocenters. The molecule has 80 valence electrons. The van der Waals surface area contributed by atoms with Crippen molar-refractivity contribution in [1.29, 1.82) is 0 Å². The van der Waals surface area contributed by atoms with Crippen LogP contribution in [0, 0.1) is 0 Å². The second-order valence-corrected chi connectivity index (χ2v) is 2.64. The molecule has 3 nitrogen and oxygen atoms in total. The van der Waals surface area contributed by atoms with Gasteiger partial charge in [-0.1, -0.05) is 0 Å². The van der Waals surface area contributed by atoms with Gasteiger partial charge in [0.05, 0.1) is 11.3 Å². The Hall–Kier alpha value is -1.85. The molecule has 1 aromatic heterocycles. The molecular weight excluding hydrogens is 211 g/mol. The number of aliphatic carboxylic acids is 1. The zero-order valence-electron chi connectivity index (χ0n) is 7.32. The number of hydrogen-bond donors (Lipinski definition) is 1. The van der Waals surface area contributed by atoms with Crippen molar-refractivity contribution in [3.63, 3.8) is 0 Å². The zero-order chi connectivity index (χ0) is 11.5. The fourth-order valence-electron chi connectivity index (χ4n) is 0.828. The van der Waals surface area contributed by atoms with Crippen LogP contribution in [0.1, 0.15) is 11.3 Å². The molecule has 0 saturated heterocycles. The SMILES string of the molecule is O=C(O)C=Cc1ccc(C(F)(F)F)cn1. The lowest BCUT2D eigenvalue weighted by Gasteiger charge is -2.04. The summed E-state index contributed by atoms with van der Waals surface area (Å²) in [6, 6.07) is 1.94. The van der Waals surface area contributed by atoms with E-state index in [0.29, 0.717) is 6.20 Å². The molecule has 1 heterocycles. The lowest BCUT2D eigenvalue weighted by atomic mass is 10.2. The summed E-state index contributed by atoms with van der Waals surface area (Å²) < 4.78 is 36.2. The maximum atomic E-state index is 12.1. The maximum absolute atomic E-state index is 12.1. The standard InChI is InChI=1S/C9H6F3NO2/c10-9(11,12)6-1-2-7(13-5-6)3-4-8(14)15/h1-5H,(H,14,15). The van der Waals surface area contributed by atoms with Crippen molar-refractivity contribution in [3.05, 3.63) is 35.7 Å². The molecule has 0 bridgehead atoms. The number of hydrogen-bond acceptors (Lipinski definition) is 2. The minimum atomic E-state index is -4.43. The van der Waals surface area contributed by atoms with Crippen molar-refractivity contribution >= 4 is 12.0 Å². The van der Waals surface area contributed by atoms with E-state index in [1.165, 1.54) is 0 Å².